The molecule has 1 amide bonds. The fraction of sp³-hybridized carbons (Fsp3) is 0.462. The number of aryl methyl sites for hydroxylation is 1. The molecule has 0 bridgehead atoms. The van der Waals surface area contributed by atoms with Crippen LogP contribution in [0.4, 0.5) is 0 Å². The second kappa shape index (κ2) is 7.30. The van der Waals surface area contributed by atoms with E-state index in [9.17, 15) is 4.79 Å². The molecular weight excluding hydrogens is 236 g/mol. The first-order valence-electron chi connectivity index (χ1n) is 5.54. The first kappa shape index (κ1) is 15.9. The van der Waals surface area contributed by atoms with Crippen molar-refractivity contribution in [2.24, 2.45) is 5.73 Å². The van der Waals surface area contributed by atoms with E-state index in [1.807, 2.05) is 26.1 Å². The lowest BCUT2D eigenvalue weighted by Gasteiger charge is -2.18. The van der Waals surface area contributed by atoms with Crippen molar-refractivity contribution in [3.63, 3.8) is 0 Å². The SMILES string of the molecule is Cc1ccc(CN(C)C(=O)CC(C)N)cc1.Cl. The van der Waals surface area contributed by atoms with Gasteiger partial charge in [0.05, 0.1) is 0 Å². The van der Waals surface area contributed by atoms with Gasteiger partial charge in [-0.25, -0.2) is 0 Å². The van der Waals surface area contributed by atoms with E-state index in [-0.39, 0.29) is 24.4 Å². The van der Waals surface area contributed by atoms with Gasteiger partial charge in [0.15, 0.2) is 0 Å². The van der Waals surface area contributed by atoms with Gasteiger partial charge in [-0.2, -0.15) is 0 Å². The molecule has 1 aromatic rings. The van der Waals surface area contributed by atoms with Crippen LogP contribution in [0.25, 0.3) is 0 Å². The number of carbonyl (C=O) groups is 1. The third-order valence-electron chi connectivity index (χ3n) is 2.46. The van der Waals surface area contributed by atoms with E-state index < -0.39 is 0 Å². The van der Waals surface area contributed by atoms with Crippen LogP contribution >= 0.6 is 12.4 Å². The second-order valence-electron chi connectivity index (χ2n) is 4.42. The zero-order chi connectivity index (χ0) is 12.1. The van der Waals surface area contributed by atoms with E-state index in [1.165, 1.54) is 5.56 Å². The van der Waals surface area contributed by atoms with E-state index in [0.29, 0.717) is 13.0 Å². The van der Waals surface area contributed by atoms with Gasteiger partial charge in [-0.1, -0.05) is 29.8 Å². The van der Waals surface area contributed by atoms with Crippen LogP contribution in [0.1, 0.15) is 24.5 Å². The highest BCUT2D eigenvalue weighted by molar-refractivity contribution is 5.85. The molecular formula is C13H21ClN2O. The Hall–Kier alpha value is -1.06. The summed E-state index contributed by atoms with van der Waals surface area (Å²) in [4.78, 5) is 13.4. The summed E-state index contributed by atoms with van der Waals surface area (Å²) in [6.45, 7) is 4.54. The summed E-state index contributed by atoms with van der Waals surface area (Å²) in [7, 11) is 1.81. The molecule has 17 heavy (non-hydrogen) atoms. The summed E-state index contributed by atoms with van der Waals surface area (Å²) in [5.74, 6) is 0.0931. The van der Waals surface area contributed by atoms with Crippen molar-refractivity contribution >= 4 is 18.3 Å². The molecule has 0 spiro atoms. The quantitative estimate of drug-likeness (QED) is 0.897. The van der Waals surface area contributed by atoms with Crippen molar-refractivity contribution in [3.05, 3.63) is 35.4 Å². The molecule has 4 heteroatoms. The van der Waals surface area contributed by atoms with Crippen molar-refractivity contribution in [2.75, 3.05) is 7.05 Å². The lowest BCUT2D eigenvalue weighted by molar-refractivity contribution is -0.130. The van der Waals surface area contributed by atoms with Gasteiger partial charge in [0.2, 0.25) is 5.91 Å². The van der Waals surface area contributed by atoms with Crippen LogP contribution in [-0.2, 0) is 11.3 Å². The van der Waals surface area contributed by atoms with E-state index in [4.69, 9.17) is 5.73 Å². The molecule has 1 unspecified atom stereocenters. The summed E-state index contributed by atoms with van der Waals surface area (Å²) in [6.07, 6.45) is 0.405. The van der Waals surface area contributed by atoms with Crippen LogP contribution in [0, 0.1) is 6.92 Å². The third-order valence-corrected chi connectivity index (χ3v) is 2.46. The van der Waals surface area contributed by atoms with Crippen LogP contribution in [0.15, 0.2) is 24.3 Å². The van der Waals surface area contributed by atoms with E-state index in [1.54, 1.807) is 4.90 Å². The number of carbonyl (C=O) groups excluding carboxylic acids is 1. The normalized spacial score (nSPS) is 11.5. The summed E-state index contributed by atoms with van der Waals surface area (Å²) in [5, 5.41) is 0. The lowest BCUT2D eigenvalue weighted by atomic mass is 10.1. The van der Waals surface area contributed by atoms with Crippen LogP contribution in [0.2, 0.25) is 0 Å². The summed E-state index contributed by atoms with van der Waals surface area (Å²) in [5.41, 5.74) is 7.97. The van der Waals surface area contributed by atoms with E-state index in [2.05, 4.69) is 19.1 Å². The molecule has 0 heterocycles. The number of nitrogens with zero attached hydrogens (tertiary/aromatic N) is 1. The van der Waals surface area contributed by atoms with Crippen LogP contribution in [0.3, 0.4) is 0 Å². The average Bonchev–Trinajstić information content (AvgIpc) is 2.20. The summed E-state index contributed by atoms with van der Waals surface area (Å²) in [6, 6.07) is 8.13. The van der Waals surface area contributed by atoms with Gasteiger partial charge in [-0.3, -0.25) is 4.79 Å². The van der Waals surface area contributed by atoms with Crippen molar-refractivity contribution in [2.45, 2.75) is 32.9 Å². The number of rotatable bonds is 4. The van der Waals surface area contributed by atoms with Crippen LogP contribution in [-0.4, -0.2) is 23.9 Å². The zero-order valence-electron chi connectivity index (χ0n) is 10.6. The molecule has 0 fully saturated rings. The van der Waals surface area contributed by atoms with Crippen molar-refractivity contribution in [1.82, 2.24) is 4.90 Å². The Balaban J connectivity index is 0.00000256. The molecule has 1 rings (SSSR count). The number of halogens is 1. The minimum absolute atomic E-state index is 0. The highest BCUT2D eigenvalue weighted by Crippen LogP contribution is 2.07. The van der Waals surface area contributed by atoms with Crippen molar-refractivity contribution in [3.8, 4) is 0 Å². The first-order valence-corrected chi connectivity index (χ1v) is 5.54. The highest BCUT2D eigenvalue weighted by Gasteiger charge is 2.10. The Labute approximate surface area is 109 Å². The van der Waals surface area contributed by atoms with Gasteiger partial charge in [0, 0.05) is 26.1 Å². The predicted molar refractivity (Wildman–Crippen MR) is 73.2 cm³/mol. The largest absolute Gasteiger partial charge is 0.341 e. The maximum atomic E-state index is 11.7. The Morgan fingerprint density at radius 3 is 2.35 bits per heavy atom. The predicted octanol–water partition coefficient (Wildman–Crippen LogP) is 2.11. The Morgan fingerprint density at radius 2 is 1.88 bits per heavy atom. The molecule has 0 aromatic heterocycles. The minimum Gasteiger partial charge on any atom is -0.341 e. The molecule has 3 nitrogen and oxygen atoms in total. The molecule has 0 radical (unpaired) electrons. The van der Waals surface area contributed by atoms with E-state index >= 15 is 0 Å². The second-order valence-corrected chi connectivity index (χ2v) is 4.42. The fourth-order valence-corrected chi connectivity index (χ4v) is 1.49. The minimum atomic E-state index is -0.0760. The number of nitrogens with two attached hydrogens (primary N) is 1. The molecule has 0 aliphatic carbocycles. The number of hydrogen-bond acceptors (Lipinski definition) is 2. The molecule has 0 saturated carbocycles. The Kier molecular flexibility index (Phi) is 6.85. The van der Waals surface area contributed by atoms with Gasteiger partial charge in [0.25, 0.3) is 0 Å². The Morgan fingerprint density at radius 1 is 1.35 bits per heavy atom. The standard InChI is InChI=1S/C13H20N2O.ClH/c1-10-4-6-12(7-5-10)9-15(3)13(16)8-11(2)14;/h4-7,11H,8-9,14H2,1-3H3;1H. The van der Waals surface area contributed by atoms with Gasteiger partial charge in [0.1, 0.15) is 0 Å². The summed E-state index contributed by atoms with van der Waals surface area (Å²) >= 11 is 0. The lowest BCUT2D eigenvalue weighted by Crippen LogP contribution is -2.31. The molecule has 2 N–H and O–H groups in total. The molecule has 0 aliphatic heterocycles. The Bertz CT molecular complexity index is 349. The van der Waals surface area contributed by atoms with E-state index in [0.717, 1.165) is 5.56 Å². The molecule has 1 aromatic carbocycles. The smallest absolute Gasteiger partial charge is 0.224 e. The van der Waals surface area contributed by atoms with Crippen molar-refractivity contribution in [1.29, 1.82) is 0 Å². The molecule has 0 aliphatic rings. The third kappa shape index (κ3) is 5.71. The van der Waals surface area contributed by atoms with Gasteiger partial charge in [-0.15, -0.1) is 12.4 Å². The van der Waals surface area contributed by atoms with Crippen LogP contribution < -0.4 is 5.73 Å². The monoisotopic (exact) mass is 256 g/mol. The van der Waals surface area contributed by atoms with Gasteiger partial charge in [-0.05, 0) is 19.4 Å². The van der Waals surface area contributed by atoms with Gasteiger partial charge < -0.3 is 10.6 Å². The first-order chi connectivity index (χ1) is 7.49. The maximum absolute atomic E-state index is 11.7. The summed E-state index contributed by atoms with van der Waals surface area (Å²) < 4.78 is 0. The molecule has 96 valence electrons. The number of amides is 1. The number of hydrogen-bond donors (Lipinski definition) is 1. The topological polar surface area (TPSA) is 46.3 Å². The number of benzene rings is 1. The van der Waals surface area contributed by atoms with Crippen LogP contribution in [0.5, 0.6) is 0 Å². The zero-order valence-corrected chi connectivity index (χ0v) is 11.5. The molecule has 0 saturated heterocycles. The maximum Gasteiger partial charge on any atom is 0.224 e. The molecule has 1 atom stereocenters. The highest BCUT2D eigenvalue weighted by atomic mass is 35.5. The fourth-order valence-electron chi connectivity index (χ4n) is 1.49. The average molecular weight is 257 g/mol. The van der Waals surface area contributed by atoms with Crippen molar-refractivity contribution < 1.29 is 4.79 Å². The van der Waals surface area contributed by atoms with Gasteiger partial charge >= 0.3 is 0 Å².